The molecule has 0 saturated heterocycles. The van der Waals surface area contributed by atoms with E-state index < -0.39 is 0 Å². The van der Waals surface area contributed by atoms with Gasteiger partial charge in [0.1, 0.15) is 5.75 Å². The minimum absolute atomic E-state index is 0.213. The first-order valence-electron chi connectivity index (χ1n) is 4.59. The molecule has 1 aliphatic heterocycles. The van der Waals surface area contributed by atoms with Gasteiger partial charge in [0.2, 0.25) is 0 Å². The van der Waals surface area contributed by atoms with E-state index in [1.54, 1.807) is 6.92 Å². The number of amides is 1. The van der Waals surface area contributed by atoms with Crippen molar-refractivity contribution < 1.29 is 14.3 Å². The van der Waals surface area contributed by atoms with Crippen LogP contribution in [0.15, 0.2) is 22.7 Å². The molecule has 0 aromatic heterocycles. The zero-order valence-electron chi connectivity index (χ0n) is 8.20. The average Bonchev–Trinajstić information content (AvgIpc) is 2.60. The van der Waals surface area contributed by atoms with E-state index in [4.69, 9.17) is 9.47 Å². The summed E-state index contributed by atoms with van der Waals surface area (Å²) in [5.74, 6) is 0.692. The fraction of sp³-hybridized carbons (Fsp3) is 0.300. The zero-order chi connectivity index (χ0) is 10.8. The Hall–Kier alpha value is -1.23. The standard InChI is InChI=1S/C10H10BrNO3/c1-2-14-10(13)12-6-15-9-5-7(11)3-4-8(9)12/h3-5H,2,6H2,1H3. The van der Waals surface area contributed by atoms with Crippen molar-refractivity contribution in [1.29, 1.82) is 0 Å². The molecule has 15 heavy (non-hydrogen) atoms. The number of carbonyl (C=O) groups excluding carboxylic acids is 1. The van der Waals surface area contributed by atoms with Crippen LogP contribution < -0.4 is 9.64 Å². The molecule has 1 heterocycles. The molecule has 0 spiro atoms. The Morgan fingerprint density at radius 2 is 2.47 bits per heavy atom. The minimum Gasteiger partial charge on any atom is -0.470 e. The van der Waals surface area contributed by atoms with Crippen LogP contribution in [0.5, 0.6) is 5.75 Å². The summed E-state index contributed by atoms with van der Waals surface area (Å²) >= 11 is 3.34. The van der Waals surface area contributed by atoms with Gasteiger partial charge in [0.05, 0.1) is 12.3 Å². The van der Waals surface area contributed by atoms with Crippen molar-refractivity contribution in [2.75, 3.05) is 18.2 Å². The topological polar surface area (TPSA) is 38.8 Å². The molecule has 80 valence electrons. The number of ether oxygens (including phenoxy) is 2. The SMILES string of the molecule is CCOC(=O)N1COc2cc(Br)ccc21. The highest BCUT2D eigenvalue weighted by atomic mass is 79.9. The average molecular weight is 272 g/mol. The Morgan fingerprint density at radius 1 is 1.67 bits per heavy atom. The first-order chi connectivity index (χ1) is 7.22. The fourth-order valence-electron chi connectivity index (χ4n) is 1.38. The van der Waals surface area contributed by atoms with Crippen LogP contribution in [0.2, 0.25) is 0 Å². The lowest BCUT2D eigenvalue weighted by atomic mass is 10.3. The van der Waals surface area contributed by atoms with E-state index in [0.29, 0.717) is 12.4 Å². The largest absolute Gasteiger partial charge is 0.470 e. The van der Waals surface area contributed by atoms with E-state index in [0.717, 1.165) is 10.2 Å². The number of hydrogen-bond acceptors (Lipinski definition) is 3. The summed E-state index contributed by atoms with van der Waals surface area (Å²) in [5, 5.41) is 0. The summed E-state index contributed by atoms with van der Waals surface area (Å²) in [6.45, 7) is 2.35. The van der Waals surface area contributed by atoms with Gasteiger partial charge < -0.3 is 9.47 Å². The molecule has 0 bridgehead atoms. The van der Waals surface area contributed by atoms with Gasteiger partial charge in [-0.3, -0.25) is 0 Å². The molecule has 1 aliphatic rings. The molecular weight excluding hydrogens is 262 g/mol. The van der Waals surface area contributed by atoms with Crippen LogP contribution in [-0.2, 0) is 4.74 Å². The maximum absolute atomic E-state index is 11.5. The van der Waals surface area contributed by atoms with Crippen molar-refractivity contribution >= 4 is 27.7 Å². The van der Waals surface area contributed by atoms with E-state index in [1.165, 1.54) is 4.90 Å². The number of carbonyl (C=O) groups is 1. The number of benzene rings is 1. The smallest absolute Gasteiger partial charge is 0.417 e. The summed E-state index contributed by atoms with van der Waals surface area (Å²) in [6.07, 6.45) is -0.376. The van der Waals surface area contributed by atoms with Gasteiger partial charge in [-0.05, 0) is 25.1 Å². The lowest BCUT2D eigenvalue weighted by molar-refractivity contribution is 0.156. The number of hydrogen-bond donors (Lipinski definition) is 0. The lowest BCUT2D eigenvalue weighted by Gasteiger charge is -2.13. The Labute approximate surface area is 95.9 Å². The second-order valence-electron chi connectivity index (χ2n) is 3.01. The molecule has 0 saturated carbocycles. The molecular formula is C10H10BrNO3. The van der Waals surface area contributed by atoms with Gasteiger partial charge in [-0.2, -0.15) is 0 Å². The Morgan fingerprint density at radius 3 is 3.20 bits per heavy atom. The van der Waals surface area contributed by atoms with Crippen molar-refractivity contribution in [3.63, 3.8) is 0 Å². The molecule has 0 fully saturated rings. The summed E-state index contributed by atoms with van der Waals surface area (Å²) in [4.78, 5) is 13.0. The quantitative estimate of drug-likeness (QED) is 0.789. The van der Waals surface area contributed by atoms with Gasteiger partial charge in [0.15, 0.2) is 6.73 Å². The van der Waals surface area contributed by atoms with Crippen LogP contribution in [0, 0.1) is 0 Å². The molecule has 2 rings (SSSR count). The number of fused-ring (bicyclic) bond motifs is 1. The summed E-state index contributed by atoms with van der Waals surface area (Å²) in [6, 6.07) is 5.51. The Balaban J connectivity index is 2.25. The van der Waals surface area contributed by atoms with E-state index in [2.05, 4.69) is 15.9 Å². The van der Waals surface area contributed by atoms with Gasteiger partial charge in [-0.15, -0.1) is 0 Å². The van der Waals surface area contributed by atoms with Gasteiger partial charge in [0, 0.05) is 4.47 Å². The van der Waals surface area contributed by atoms with Crippen molar-refractivity contribution in [1.82, 2.24) is 0 Å². The molecule has 0 atom stereocenters. The fourth-order valence-corrected chi connectivity index (χ4v) is 1.72. The molecule has 4 nitrogen and oxygen atoms in total. The van der Waals surface area contributed by atoms with Gasteiger partial charge in [0.25, 0.3) is 0 Å². The predicted octanol–water partition coefficient (Wildman–Crippen LogP) is 2.76. The molecule has 0 N–H and O–H groups in total. The summed E-state index contributed by atoms with van der Waals surface area (Å²) in [7, 11) is 0. The van der Waals surface area contributed by atoms with Crippen LogP contribution in [0.3, 0.4) is 0 Å². The van der Waals surface area contributed by atoms with E-state index in [1.807, 2.05) is 18.2 Å². The van der Waals surface area contributed by atoms with Crippen LogP contribution in [0.1, 0.15) is 6.92 Å². The van der Waals surface area contributed by atoms with Crippen molar-refractivity contribution in [2.24, 2.45) is 0 Å². The summed E-state index contributed by atoms with van der Waals surface area (Å²) in [5.41, 5.74) is 0.747. The maximum atomic E-state index is 11.5. The molecule has 0 aliphatic carbocycles. The number of halogens is 1. The van der Waals surface area contributed by atoms with Crippen LogP contribution in [-0.4, -0.2) is 19.4 Å². The van der Waals surface area contributed by atoms with E-state index in [9.17, 15) is 4.79 Å². The van der Waals surface area contributed by atoms with Crippen molar-refractivity contribution in [2.45, 2.75) is 6.92 Å². The molecule has 5 heteroatoms. The minimum atomic E-state index is -0.376. The van der Waals surface area contributed by atoms with Gasteiger partial charge >= 0.3 is 6.09 Å². The maximum Gasteiger partial charge on any atom is 0.417 e. The zero-order valence-corrected chi connectivity index (χ0v) is 9.78. The Kier molecular flexibility index (Phi) is 2.81. The number of nitrogens with zero attached hydrogens (tertiary/aromatic N) is 1. The van der Waals surface area contributed by atoms with E-state index in [-0.39, 0.29) is 12.8 Å². The molecule has 1 aromatic rings. The third-order valence-corrected chi connectivity index (χ3v) is 2.54. The van der Waals surface area contributed by atoms with Gasteiger partial charge in [-0.1, -0.05) is 15.9 Å². The molecule has 0 unspecified atom stereocenters. The highest BCUT2D eigenvalue weighted by Gasteiger charge is 2.26. The first kappa shape index (κ1) is 10.3. The van der Waals surface area contributed by atoms with Crippen molar-refractivity contribution in [3.05, 3.63) is 22.7 Å². The molecule has 0 radical (unpaired) electrons. The first-order valence-corrected chi connectivity index (χ1v) is 5.38. The second kappa shape index (κ2) is 4.10. The van der Waals surface area contributed by atoms with Crippen LogP contribution in [0.4, 0.5) is 10.5 Å². The van der Waals surface area contributed by atoms with E-state index >= 15 is 0 Å². The summed E-state index contributed by atoms with van der Waals surface area (Å²) < 4.78 is 11.2. The third-order valence-electron chi connectivity index (χ3n) is 2.05. The monoisotopic (exact) mass is 271 g/mol. The predicted molar refractivity (Wildman–Crippen MR) is 59.1 cm³/mol. The lowest BCUT2D eigenvalue weighted by Crippen LogP contribution is -2.30. The number of anilines is 1. The normalized spacial score (nSPS) is 13.3. The highest BCUT2D eigenvalue weighted by Crippen LogP contribution is 2.36. The molecule has 1 aromatic carbocycles. The highest BCUT2D eigenvalue weighted by molar-refractivity contribution is 9.10. The second-order valence-corrected chi connectivity index (χ2v) is 3.93. The van der Waals surface area contributed by atoms with Crippen LogP contribution >= 0.6 is 15.9 Å². The van der Waals surface area contributed by atoms with Crippen LogP contribution in [0.25, 0.3) is 0 Å². The van der Waals surface area contributed by atoms with Gasteiger partial charge in [-0.25, -0.2) is 9.69 Å². The van der Waals surface area contributed by atoms with Crippen molar-refractivity contribution in [3.8, 4) is 5.75 Å². The number of rotatable bonds is 1. The third kappa shape index (κ3) is 1.92. The Bertz CT molecular complexity index is 394. The molecule has 1 amide bonds.